The first-order chi connectivity index (χ1) is 11.6. The van der Waals surface area contributed by atoms with Crippen molar-refractivity contribution in [3.05, 3.63) is 39.9 Å². The zero-order valence-corrected chi connectivity index (χ0v) is 15.3. The van der Waals surface area contributed by atoms with Crippen LogP contribution in [0.5, 0.6) is 0 Å². The molecule has 0 aliphatic carbocycles. The van der Waals surface area contributed by atoms with E-state index in [4.69, 9.17) is 11.6 Å². The summed E-state index contributed by atoms with van der Waals surface area (Å²) in [6.07, 6.45) is -4.47. The van der Waals surface area contributed by atoms with Crippen molar-refractivity contribution in [2.75, 3.05) is 10.6 Å². The fourth-order valence-electron chi connectivity index (χ4n) is 2.11. The van der Waals surface area contributed by atoms with Crippen LogP contribution in [0.2, 0.25) is 5.02 Å². The van der Waals surface area contributed by atoms with Gasteiger partial charge in [0.15, 0.2) is 5.13 Å². The monoisotopic (exact) mass is 391 g/mol. The van der Waals surface area contributed by atoms with Crippen LogP contribution in [0, 0.1) is 12.8 Å². The van der Waals surface area contributed by atoms with Gasteiger partial charge in [-0.15, -0.1) is 11.3 Å². The molecule has 0 bridgehead atoms. The number of amides is 1. The van der Waals surface area contributed by atoms with Gasteiger partial charge in [0, 0.05) is 5.38 Å². The van der Waals surface area contributed by atoms with Gasteiger partial charge in [-0.3, -0.25) is 4.79 Å². The van der Waals surface area contributed by atoms with Crippen LogP contribution >= 0.6 is 22.9 Å². The van der Waals surface area contributed by atoms with Crippen molar-refractivity contribution >= 4 is 39.7 Å². The van der Waals surface area contributed by atoms with E-state index in [2.05, 4.69) is 15.6 Å². The third-order valence-corrected chi connectivity index (χ3v) is 4.59. The molecule has 0 aliphatic rings. The molecular formula is C16H17ClF3N3OS. The molecule has 1 aromatic heterocycles. The van der Waals surface area contributed by atoms with E-state index in [9.17, 15) is 18.0 Å². The predicted molar refractivity (Wildman–Crippen MR) is 94.2 cm³/mol. The number of nitrogens with zero attached hydrogens (tertiary/aromatic N) is 1. The number of aromatic nitrogens is 1. The summed E-state index contributed by atoms with van der Waals surface area (Å²) in [5.74, 6) is -0.459. The van der Waals surface area contributed by atoms with Crippen LogP contribution in [-0.4, -0.2) is 16.9 Å². The van der Waals surface area contributed by atoms with E-state index in [1.54, 1.807) is 5.38 Å². The molecule has 9 heteroatoms. The first-order valence-electron chi connectivity index (χ1n) is 7.44. The lowest BCUT2D eigenvalue weighted by Gasteiger charge is -2.23. The van der Waals surface area contributed by atoms with Gasteiger partial charge in [0.2, 0.25) is 5.91 Å². The maximum atomic E-state index is 12.7. The summed E-state index contributed by atoms with van der Waals surface area (Å²) >= 11 is 7.25. The maximum Gasteiger partial charge on any atom is 0.416 e. The molecule has 0 aliphatic heterocycles. The molecule has 4 nitrogen and oxygen atoms in total. The van der Waals surface area contributed by atoms with Crippen LogP contribution in [0.15, 0.2) is 23.6 Å². The van der Waals surface area contributed by atoms with Crippen molar-refractivity contribution in [1.29, 1.82) is 0 Å². The predicted octanol–water partition coefficient (Wildman–Crippen LogP) is 5.20. The number of carbonyl (C=O) groups excluding carboxylic acids is 1. The summed E-state index contributed by atoms with van der Waals surface area (Å²) in [7, 11) is 0. The van der Waals surface area contributed by atoms with Gasteiger partial charge in [-0.1, -0.05) is 25.4 Å². The third-order valence-electron chi connectivity index (χ3n) is 3.41. The number of anilines is 2. The molecule has 1 amide bonds. The normalized spacial score (nSPS) is 13.0. The van der Waals surface area contributed by atoms with Crippen molar-refractivity contribution in [1.82, 2.24) is 4.98 Å². The number of nitrogens with one attached hydrogen (secondary N) is 2. The largest absolute Gasteiger partial charge is 0.416 e. The lowest BCUT2D eigenvalue weighted by molar-refractivity contribution is -0.137. The molecule has 1 aromatic carbocycles. The van der Waals surface area contributed by atoms with E-state index < -0.39 is 17.8 Å². The number of carbonyl (C=O) groups is 1. The van der Waals surface area contributed by atoms with E-state index in [-0.39, 0.29) is 22.5 Å². The Bertz CT molecular complexity index is 761. The smallest absolute Gasteiger partial charge is 0.372 e. The molecule has 2 rings (SSSR count). The van der Waals surface area contributed by atoms with Crippen LogP contribution in [-0.2, 0) is 11.0 Å². The quantitative estimate of drug-likeness (QED) is 0.736. The van der Waals surface area contributed by atoms with Crippen molar-refractivity contribution < 1.29 is 18.0 Å². The summed E-state index contributed by atoms with van der Waals surface area (Å²) in [6, 6.07) is 2.30. The molecule has 0 fully saturated rings. The number of rotatable bonds is 5. The highest BCUT2D eigenvalue weighted by Gasteiger charge is 2.31. The van der Waals surface area contributed by atoms with Gasteiger partial charge in [-0.05, 0) is 31.0 Å². The Morgan fingerprint density at radius 3 is 2.48 bits per heavy atom. The zero-order valence-electron chi connectivity index (χ0n) is 13.7. The molecule has 1 atom stereocenters. The molecule has 0 saturated carbocycles. The third kappa shape index (κ3) is 5.09. The Hall–Kier alpha value is -1.80. The topological polar surface area (TPSA) is 54.0 Å². The number of alkyl halides is 3. The summed E-state index contributed by atoms with van der Waals surface area (Å²) in [4.78, 5) is 16.6. The van der Waals surface area contributed by atoms with Crippen LogP contribution < -0.4 is 10.6 Å². The second-order valence-corrected chi connectivity index (χ2v) is 7.11. The summed E-state index contributed by atoms with van der Waals surface area (Å²) < 4.78 is 38.1. The molecule has 2 N–H and O–H groups in total. The Kier molecular flexibility index (Phi) is 5.95. The minimum Gasteiger partial charge on any atom is -0.372 e. The second kappa shape index (κ2) is 7.61. The second-order valence-electron chi connectivity index (χ2n) is 5.84. The first-order valence-corrected chi connectivity index (χ1v) is 8.70. The number of aryl methyl sites for hydroxylation is 1. The van der Waals surface area contributed by atoms with Crippen molar-refractivity contribution in [3.8, 4) is 0 Å². The number of halogens is 4. The number of hydrogen-bond donors (Lipinski definition) is 2. The van der Waals surface area contributed by atoms with Gasteiger partial charge in [0.25, 0.3) is 0 Å². The van der Waals surface area contributed by atoms with Crippen LogP contribution in [0.25, 0.3) is 0 Å². The van der Waals surface area contributed by atoms with E-state index in [0.29, 0.717) is 5.13 Å². The van der Waals surface area contributed by atoms with E-state index >= 15 is 0 Å². The molecular weight excluding hydrogens is 375 g/mol. The Labute approximate surface area is 152 Å². The lowest BCUT2D eigenvalue weighted by atomic mass is 10.0. The minimum atomic E-state index is -4.47. The van der Waals surface area contributed by atoms with Gasteiger partial charge >= 0.3 is 6.18 Å². The van der Waals surface area contributed by atoms with Crippen LogP contribution in [0.1, 0.15) is 25.1 Å². The van der Waals surface area contributed by atoms with E-state index in [1.807, 2.05) is 20.8 Å². The van der Waals surface area contributed by atoms with Crippen molar-refractivity contribution in [3.63, 3.8) is 0 Å². The minimum absolute atomic E-state index is 0.0987. The molecule has 25 heavy (non-hydrogen) atoms. The maximum absolute atomic E-state index is 12.7. The highest BCUT2D eigenvalue weighted by molar-refractivity contribution is 7.13. The Morgan fingerprint density at radius 1 is 1.32 bits per heavy atom. The highest BCUT2D eigenvalue weighted by atomic mass is 35.5. The summed E-state index contributed by atoms with van der Waals surface area (Å²) in [5.41, 5.74) is 0.214. The average molecular weight is 392 g/mol. The van der Waals surface area contributed by atoms with Gasteiger partial charge in [0.05, 0.1) is 22.0 Å². The number of thiazole rings is 1. The van der Waals surface area contributed by atoms with Crippen molar-refractivity contribution in [2.45, 2.75) is 33.0 Å². The summed E-state index contributed by atoms with van der Waals surface area (Å²) in [6.45, 7) is 5.46. The van der Waals surface area contributed by atoms with E-state index in [1.165, 1.54) is 17.4 Å². The molecule has 0 unspecified atom stereocenters. The number of benzene rings is 1. The zero-order chi connectivity index (χ0) is 18.8. The lowest BCUT2D eigenvalue weighted by Crippen LogP contribution is -2.39. The molecule has 136 valence electrons. The molecule has 0 spiro atoms. The van der Waals surface area contributed by atoms with Gasteiger partial charge < -0.3 is 10.6 Å². The molecule has 0 radical (unpaired) electrons. The summed E-state index contributed by atoms with van der Waals surface area (Å²) in [5, 5.41) is 7.79. The standard InChI is InChI=1S/C16H17ClF3N3OS/c1-8(2)13(14(24)23-15-21-9(3)7-25-15)22-12-5-4-10(6-11(12)17)16(18,19)20/h4-8,13,22H,1-3H3,(H,21,23,24)/t13-/m1/s1. The van der Waals surface area contributed by atoms with Crippen LogP contribution in [0.4, 0.5) is 24.0 Å². The number of hydrogen-bond acceptors (Lipinski definition) is 4. The first kappa shape index (κ1) is 19.5. The van der Waals surface area contributed by atoms with Gasteiger partial charge in [0.1, 0.15) is 6.04 Å². The SMILES string of the molecule is Cc1csc(NC(=O)[C@H](Nc2ccc(C(F)(F)F)cc2Cl)C(C)C)n1. The molecule has 1 heterocycles. The average Bonchev–Trinajstić information content (AvgIpc) is 2.89. The Balaban J connectivity index is 2.17. The molecule has 0 saturated heterocycles. The van der Waals surface area contributed by atoms with Crippen LogP contribution in [0.3, 0.4) is 0 Å². The highest BCUT2D eigenvalue weighted by Crippen LogP contribution is 2.34. The van der Waals surface area contributed by atoms with Gasteiger partial charge in [-0.2, -0.15) is 13.2 Å². The van der Waals surface area contributed by atoms with E-state index in [0.717, 1.165) is 17.8 Å². The van der Waals surface area contributed by atoms with Gasteiger partial charge in [-0.25, -0.2) is 4.98 Å². The fourth-order valence-corrected chi connectivity index (χ4v) is 3.03. The van der Waals surface area contributed by atoms with Crippen molar-refractivity contribution in [2.24, 2.45) is 5.92 Å². The molecule has 2 aromatic rings. The fraction of sp³-hybridized carbons (Fsp3) is 0.375. The Morgan fingerprint density at radius 2 is 2.00 bits per heavy atom.